The van der Waals surface area contributed by atoms with Crippen LogP contribution in [0.3, 0.4) is 0 Å². The van der Waals surface area contributed by atoms with Gasteiger partial charge in [-0.1, -0.05) is 0 Å². The fourth-order valence-electron chi connectivity index (χ4n) is 1.55. The Bertz CT molecular complexity index is 480. The minimum Gasteiger partial charge on any atom is -0.444 e. The van der Waals surface area contributed by atoms with Crippen LogP contribution < -0.4 is 11.1 Å². The van der Waals surface area contributed by atoms with Gasteiger partial charge in [-0.15, -0.1) is 11.3 Å². The van der Waals surface area contributed by atoms with Gasteiger partial charge in [0.05, 0.1) is 0 Å². The molecular weight excluding hydrogens is 305 g/mol. The van der Waals surface area contributed by atoms with Crippen LogP contribution in [0.4, 0.5) is 18.0 Å². The van der Waals surface area contributed by atoms with Crippen molar-refractivity contribution in [2.45, 2.75) is 38.5 Å². The summed E-state index contributed by atoms with van der Waals surface area (Å²) in [6, 6.07) is 2.41. The summed E-state index contributed by atoms with van der Waals surface area (Å²) in [7, 11) is 0. The molecular formula is C13H19F3N2O2S. The standard InChI is InChI=1S/C13H19F3N2O2S/c1-12(2,3)20-11(19)18-7-8(6-17)9-4-5-10(21-9)13(14,15)16/h4-5,8H,6-7,17H2,1-3H3,(H,18,19). The van der Waals surface area contributed by atoms with Crippen LogP contribution in [0.5, 0.6) is 0 Å². The zero-order chi connectivity index (χ0) is 16.3. The highest BCUT2D eigenvalue weighted by Crippen LogP contribution is 2.36. The van der Waals surface area contributed by atoms with Gasteiger partial charge in [0.1, 0.15) is 10.5 Å². The Balaban J connectivity index is 2.63. The number of carbonyl (C=O) groups excluding carboxylic acids is 1. The van der Waals surface area contributed by atoms with Gasteiger partial charge in [-0.05, 0) is 32.9 Å². The van der Waals surface area contributed by atoms with E-state index in [9.17, 15) is 18.0 Å². The molecule has 1 amide bonds. The molecule has 0 spiro atoms. The molecule has 0 fully saturated rings. The number of ether oxygens (including phenoxy) is 1. The van der Waals surface area contributed by atoms with Crippen molar-refractivity contribution >= 4 is 17.4 Å². The normalized spacial score (nSPS) is 13.9. The molecule has 0 aromatic carbocycles. The first kappa shape index (κ1) is 17.8. The molecule has 1 rings (SSSR count). The monoisotopic (exact) mass is 324 g/mol. The van der Waals surface area contributed by atoms with E-state index < -0.39 is 22.7 Å². The Hall–Kier alpha value is -1.28. The summed E-state index contributed by atoms with van der Waals surface area (Å²) in [6.07, 6.45) is -4.98. The minimum absolute atomic E-state index is 0.128. The van der Waals surface area contributed by atoms with Crippen LogP contribution in [0, 0.1) is 0 Å². The number of carbonyl (C=O) groups is 1. The molecule has 3 N–H and O–H groups in total. The summed E-state index contributed by atoms with van der Waals surface area (Å²) in [5.74, 6) is -0.376. The predicted octanol–water partition coefficient (Wildman–Crippen LogP) is 3.33. The van der Waals surface area contributed by atoms with Gasteiger partial charge < -0.3 is 15.8 Å². The van der Waals surface area contributed by atoms with Crippen molar-refractivity contribution in [3.05, 3.63) is 21.9 Å². The van der Waals surface area contributed by atoms with Gasteiger partial charge in [-0.25, -0.2) is 4.79 Å². The average molecular weight is 324 g/mol. The second kappa shape index (κ2) is 6.65. The maximum absolute atomic E-state index is 12.6. The molecule has 1 atom stereocenters. The van der Waals surface area contributed by atoms with Gasteiger partial charge in [0.2, 0.25) is 0 Å². The van der Waals surface area contributed by atoms with Gasteiger partial charge in [-0.2, -0.15) is 13.2 Å². The van der Waals surface area contributed by atoms with Crippen molar-refractivity contribution in [3.8, 4) is 0 Å². The molecule has 0 aliphatic carbocycles. The van der Waals surface area contributed by atoms with Crippen LogP contribution in [0.2, 0.25) is 0 Å². The van der Waals surface area contributed by atoms with E-state index in [1.54, 1.807) is 20.8 Å². The molecule has 0 radical (unpaired) electrons. The third kappa shape index (κ3) is 5.92. The molecule has 0 aliphatic rings. The van der Waals surface area contributed by atoms with E-state index in [4.69, 9.17) is 10.5 Å². The Morgan fingerprint density at radius 1 is 1.38 bits per heavy atom. The summed E-state index contributed by atoms with van der Waals surface area (Å²) in [5, 5.41) is 2.52. The number of thiophene rings is 1. The number of hydrogen-bond donors (Lipinski definition) is 2. The molecule has 8 heteroatoms. The summed E-state index contributed by atoms with van der Waals surface area (Å²) in [4.78, 5) is 11.3. The number of hydrogen-bond acceptors (Lipinski definition) is 4. The summed E-state index contributed by atoms with van der Waals surface area (Å²) >= 11 is 0.640. The second-order valence-electron chi connectivity index (χ2n) is 5.52. The third-order valence-corrected chi connectivity index (χ3v) is 3.78. The molecule has 1 aromatic rings. The molecule has 0 saturated carbocycles. The van der Waals surface area contributed by atoms with Gasteiger partial charge in [0.15, 0.2) is 0 Å². The number of alkyl halides is 3. The van der Waals surface area contributed by atoms with Gasteiger partial charge in [0.25, 0.3) is 0 Å². The molecule has 1 heterocycles. The number of amides is 1. The Morgan fingerprint density at radius 3 is 2.43 bits per heavy atom. The van der Waals surface area contributed by atoms with Crippen LogP contribution in [-0.2, 0) is 10.9 Å². The smallest absolute Gasteiger partial charge is 0.425 e. The number of nitrogens with one attached hydrogen (secondary N) is 1. The van der Waals surface area contributed by atoms with Gasteiger partial charge in [-0.3, -0.25) is 0 Å². The van der Waals surface area contributed by atoms with Crippen LogP contribution >= 0.6 is 11.3 Å². The van der Waals surface area contributed by atoms with E-state index in [1.165, 1.54) is 6.07 Å². The van der Waals surface area contributed by atoms with Crippen molar-refractivity contribution in [2.24, 2.45) is 5.73 Å². The van der Waals surface area contributed by atoms with Crippen molar-refractivity contribution < 1.29 is 22.7 Å². The summed E-state index contributed by atoms with van der Waals surface area (Å²) in [5.41, 5.74) is 4.94. The highest BCUT2D eigenvalue weighted by molar-refractivity contribution is 7.12. The van der Waals surface area contributed by atoms with Crippen LogP contribution in [0.25, 0.3) is 0 Å². The largest absolute Gasteiger partial charge is 0.444 e. The quantitative estimate of drug-likeness (QED) is 0.893. The molecule has 0 saturated heterocycles. The molecule has 1 aromatic heterocycles. The lowest BCUT2D eigenvalue weighted by molar-refractivity contribution is -0.134. The van der Waals surface area contributed by atoms with E-state index in [-0.39, 0.29) is 19.0 Å². The lowest BCUT2D eigenvalue weighted by Gasteiger charge is -2.21. The van der Waals surface area contributed by atoms with E-state index >= 15 is 0 Å². The van der Waals surface area contributed by atoms with E-state index in [0.717, 1.165) is 6.07 Å². The lowest BCUT2D eigenvalue weighted by Crippen LogP contribution is -2.36. The van der Waals surface area contributed by atoms with Crippen LogP contribution in [-0.4, -0.2) is 24.8 Å². The summed E-state index contributed by atoms with van der Waals surface area (Å²) < 4.78 is 42.7. The van der Waals surface area contributed by atoms with Crippen molar-refractivity contribution in [1.82, 2.24) is 5.32 Å². The molecule has 120 valence electrons. The maximum Gasteiger partial charge on any atom is 0.425 e. The van der Waals surface area contributed by atoms with E-state index in [1.807, 2.05) is 0 Å². The van der Waals surface area contributed by atoms with E-state index in [2.05, 4.69) is 5.32 Å². The fourth-order valence-corrected chi connectivity index (χ4v) is 2.53. The lowest BCUT2D eigenvalue weighted by atomic mass is 10.1. The second-order valence-corrected chi connectivity index (χ2v) is 6.63. The van der Waals surface area contributed by atoms with Crippen molar-refractivity contribution in [3.63, 3.8) is 0 Å². The Labute approximate surface area is 125 Å². The molecule has 21 heavy (non-hydrogen) atoms. The molecule has 1 unspecified atom stereocenters. The summed E-state index contributed by atoms with van der Waals surface area (Å²) in [6.45, 7) is 5.43. The fraction of sp³-hybridized carbons (Fsp3) is 0.615. The Morgan fingerprint density at radius 2 is 2.00 bits per heavy atom. The highest BCUT2D eigenvalue weighted by atomic mass is 32.1. The molecule has 0 bridgehead atoms. The number of halogens is 3. The van der Waals surface area contributed by atoms with Crippen molar-refractivity contribution in [2.75, 3.05) is 13.1 Å². The zero-order valence-electron chi connectivity index (χ0n) is 12.1. The first-order valence-electron chi connectivity index (χ1n) is 6.37. The Kier molecular flexibility index (Phi) is 5.63. The minimum atomic E-state index is -4.36. The SMILES string of the molecule is CC(C)(C)OC(=O)NCC(CN)c1ccc(C(F)(F)F)s1. The van der Waals surface area contributed by atoms with Crippen LogP contribution in [0.15, 0.2) is 12.1 Å². The molecule has 4 nitrogen and oxygen atoms in total. The maximum atomic E-state index is 12.6. The first-order valence-corrected chi connectivity index (χ1v) is 7.18. The van der Waals surface area contributed by atoms with Gasteiger partial charge >= 0.3 is 12.3 Å². The third-order valence-electron chi connectivity index (χ3n) is 2.48. The number of nitrogens with two attached hydrogens (primary N) is 1. The van der Waals surface area contributed by atoms with E-state index in [0.29, 0.717) is 16.2 Å². The highest BCUT2D eigenvalue weighted by Gasteiger charge is 2.33. The zero-order valence-corrected chi connectivity index (χ0v) is 12.9. The molecule has 0 aliphatic heterocycles. The predicted molar refractivity (Wildman–Crippen MR) is 75.4 cm³/mol. The van der Waals surface area contributed by atoms with Gasteiger partial charge in [0, 0.05) is 23.9 Å². The topological polar surface area (TPSA) is 64.3 Å². The van der Waals surface area contributed by atoms with Crippen LogP contribution in [0.1, 0.15) is 36.4 Å². The average Bonchev–Trinajstić information content (AvgIpc) is 2.76. The van der Waals surface area contributed by atoms with Crippen molar-refractivity contribution in [1.29, 1.82) is 0 Å². The first-order chi connectivity index (χ1) is 9.53. The number of rotatable bonds is 4. The number of alkyl carbamates (subject to hydrolysis) is 1.